The molecule has 1 saturated heterocycles. The summed E-state index contributed by atoms with van der Waals surface area (Å²) < 4.78 is 22.1. The Morgan fingerprint density at radius 1 is 1.50 bits per heavy atom. The summed E-state index contributed by atoms with van der Waals surface area (Å²) >= 11 is 0. The number of nitrogens with one attached hydrogen (secondary N) is 1. The van der Waals surface area contributed by atoms with Crippen LogP contribution in [0.25, 0.3) is 0 Å². The molecule has 1 rings (SSSR count). The smallest absolute Gasteiger partial charge is 0.238 e. The van der Waals surface area contributed by atoms with Gasteiger partial charge >= 0.3 is 0 Å². The fraction of sp³-hybridized carbons (Fsp3) is 0.833. The Bertz CT molecular complexity index is 273. The zero-order valence-corrected chi connectivity index (χ0v) is 7.43. The van der Waals surface area contributed by atoms with Crippen LogP contribution in [-0.4, -0.2) is 25.8 Å². The Balaban J connectivity index is 2.64. The molecule has 70 valence electrons. The second-order valence-electron chi connectivity index (χ2n) is 2.96. The topological polar surface area (TPSA) is 89.3 Å². The summed E-state index contributed by atoms with van der Waals surface area (Å²) in [6.45, 7) is 0. The lowest BCUT2D eigenvalue weighted by Crippen LogP contribution is -2.41. The van der Waals surface area contributed by atoms with Gasteiger partial charge in [0.25, 0.3) is 0 Å². The standard InChI is InChI=1S/C6H12N2O3S/c7-8-6(9)5-2-1-3-12(10,11)4-5/h5H,1-4,7H2,(H,8,9). The first-order chi connectivity index (χ1) is 5.55. The minimum atomic E-state index is -3.00. The van der Waals surface area contributed by atoms with Gasteiger partial charge in [-0.15, -0.1) is 0 Å². The summed E-state index contributed by atoms with van der Waals surface area (Å²) in [5, 5.41) is 0. The van der Waals surface area contributed by atoms with E-state index in [0.29, 0.717) is 12.8 Å². The van der Waals surface area contributed by atoms with Crippen molar-refractivity contribution in [2.24, 2.45) is 11.8 Å². The number of rotatable bonds is 1. The predicted octanol–water partition coefficient (Wildman–Crippen LogP) is -1.20. The van der Waals surface area contributed by atoms with E-state index < -0.39 is 15.8 Å². The summed E-state index contributed by atoms with van der Waals surface area (Å²) in [5.41, 5.74) is 1.97. The van der Waals surface area contributed by atoms with Gasteiger partial charge in [0.2, 0.25) is 5.91 Å². The maximum atomic E-state index is 11.1. The molecule has 1 fully saturated rings. The van der Waals surface area contributed by atoms with Gasteiger partial charge in [0.05, 0.1) is 17.4 Å². The molecule has 0 saturated carbocycles. The molecule has 5 nitrogen and oxygen atoms in total. The lowest BCUT2D eigenvalue weighted by molar-refractivity contribution is -0.124. The molecular weight excluding hydrogens is 180 g/mol. The van der Waals surface area contributed by atoms with E-state index in [1.807, 2.05) is 5.43 Å². The van der Waals surface area contributed by atoms with Crippen molar-refractivity contribution in [2.45, 2.75) is 12.8 Å². The Morgan fingerprint density at radius 3 is 2.67 bits per heavy atom. The van der Waals surface area contributed by atoms with Crippen molar-refractivity contribution < 1.29 is 13.2 Å². The molecule has 1 atom stereocenters. The third kappa shape index (κ3) is 2.18. The summed E-state index contributed by atoms with van der Waals surface area (Å²) in [7, 11) is -3.00. The number of hydrazine groups is 1. The number of carbonyl (C=O) groups excluding carboxylic acids is 1. The van der Waals surface area contributed by atoms with Gasteiger partial charge in [0, 0.05) is 0 Å². The maximum absolute atomic E-state index is 11.1. The number of carbonyl (C=O) groups is 1. The van der Waals surface area contributed by atoms with Crippen molar-refractivity contribution in [3.8, 4) is 0 Å². The quantitative estimate of drug-likeness (QED) is 0.310. The van der Waals surface area contributed by atoms with E-state index in [1.54, 1.807) is 0 Å². The number of nitrogens with two attached hydrogens (primary N) is 1. The molecule has 1 amide bonds. The van der Waals surface area contributed by atoms with Crippen LogP contribution in [0.5, 0.6) is 0 Å². The van der Waals surface area contributed by atoms with Crippen molar-refractivity contribution in [2.75, 3.05) is 11.5 Å². The average molecular weight is 192 g/mol. The summed E-state index contributed by atoms with van der Waals surface area (Å²) in [6, 6.07) is 0. The van der Waals surface area contributed by atoms with Crippen LogP contribution in [0, 0.1) is 5.92 Å². The number of hydrogen-bond donors (Lipinski definition) is 2. The molecule has 0 aromatic heterocycles. The van der Waals surface area contributed by atoms with Gasteiger partial charge in [-0.2, -0.15) is 0 Å². The highest BCUT2D eigenvalue weighted by atomic mass is 32.2. The minimum Gasteiger partial charge on any atom is -0.294 e. The van der Waals surface area contributed by atoms with Crippen molar-refractivity contribution in [3.05, 3.63) is 0 Å². The Kier molecular flexibility index (Phi) is 2.69. The van der Waals surface area contributed by atoms with Crippen molar-refractivity contribution in [1.82, 2.24) is 5.43 Å². The van der Waals surface area contributed by atoms with E-state index in [-0.39, 0.29) is 17.4 Å². The summed E-state index contributed by atoms with van der Waals surface area (Å²) in [4.78, 5) is 11.0. The lowest BCUT2D eigenvalue weighted by atomic mass is 10.1. The molecule has 1 heterocycles. The fourth-order valence-corrected chi connectivity index (χ4v) is 3.05. The molecule has 0 spiro atoms. The van der Waals surface area contributed by atoms with Crippen molar-refractivity contribution >= 4 is 15.7 Å². The van der Waals surface area contributed by atoms with E-state index in [2.05, 4.69) is 0 Å². The molecule has 0 aliphatic carbocycles. The normalized spacial score (nSPS) is 27.9. The molecule has 1 aliphatic heterocycles. The zero-order chi connectivity index (χ0) is 9.19. The van der Waals surface area contributed by atoms with Crippen LogP contribution in [0.15, 0.2) is 0 Å². The Morgan fingerprint density at radius 2 is 2.17 bits per heavy atom. The van der Waals surface area contributed by atoms with E-state index in [9.17, 15) is 13.2 Å². The number of sulfone groups is 1. The van der Waals surface area contributed by atoms with Crippen LogP contribution in [-0.2, 0) is 14.6 Å². The largest absolute Gasteiger partial charge is 0.294 e. The second kappa shape index (κ2) is 3.40. The summed E-state index contributed by atoms with van der Waals surface area (Å²) in [5.74, 6) is 4.21. The predicted molar refractivity (Wildman–Crippen MR) is 43.7 cm³/mol. The molecule has 12 heavy (non-hydrogen) atoms. The van der Waals surface area contributed by atoms with E-state index in [1.165, 1.54) is 0 Å². The van der Waals surface area contributed by atoms with Crippen LogP contribution < -0.4 is 11.3 Å². The van der Waals surface area contributed by atoms with Gasteiger partial charge in [0.15, 0.2) is 9.84 Å². The molecule has 0 aromatic carbocycles. The Hall–Kier alpha value is -0.620. The van der Waals surface area contributed by atoms with Crippen LogP contribution in [0.4, 0.5) is 0 Å². The molecule has 0 bridgehead atoms. The highest BCUT2D eigenvalue weighted by Gasteiger charge is 2.29. The first-order valence-electron chi connectivity index (χ1n) is 3.76. The fourth-order valence-electron chi connectivity index (χ4n) is 1.35. The maximum Gasteiger partial charge on any atom is 0.238 e. The van der Waals surface area contributed by atoms with E-state index in [0.717, 1.165) is 0 Å². The van der Waals surface area contributed by atoms with Gasteiger partial charge in [-0.05, 0) is 12.8 Å². The summed E-state index contributed by atoms with van der Waals surface area (Å²) in [6.07, 6.45) is 1.17. The first kappa shape index (κ1) is 9.47. The first-order valence-corrected chi connectivity index (χ1v) is 5.58. The average Bonchev–Trinajstić information content (AvgIpc) is 2.01. The molecule has 3 N–H and O–H groups in total. The molecule has 1 aliphatic rings. The van der Waals surface area contributed by atoms with Crippen LogP contribution in [0.1, 0.15) is 12.8 Å². The monoisotopic (exact) mass is 192 g/mol. The van der Waals surface area contributed by atoms with Crippen LogP contribution in [0.2, 0.25) is 0 Å². The van der Waals surface area contributed by atoms with Crippen LogP contribution >= 0.6 is 0 Å². The van der Waals surface area contributed by atoms with Crippen LogP contribution in [0.3, 0.4) is 0 Å². The van der Waals surface area contributed by atoms with E-state index in [4.69, 9.17) is 5.84 Å². The molecule has 1 unspecified atom stereocenters. The molecule has 0 aromatic rings. The van der Waals surface area contributed by atoms with Gasteiger partial charge < -0.3 is 0 Å². The number of hydrogen-bond acceptors (Lipinski definition) is 4. The zero-order valence-electron chi connectivity index (χ0n) is 6.62. The molecular formula is C6H12N2O3S. The highest BCUT2D eigenvalue weighted by Crippen LogP contribution is 2.17. The van der Waals surface area contributed by atoms with Crippen molar-refractivity contribution in [1.29, 1.82) is 0 Å². The van der Waals surface area contributed by atoms with Gasteiger partial charge in [-0.1, -0.05) is 0 Å². The Labute approximate surface area is 71.2 Å². The SMILES string of the molecule is NNC(=O)C1CCCS(=O)(=O)C1. The lowest BCUT2D eigenvalue weighted by Gasteiger charge is -2.19. The highest BCUT2D eigenvalue weighted by molar-refractivity contribution is 7.91. The van der Waals surface area contributed by atoms with E-state index >= 15 is 0 Å². The molecule has 0 radical (unpaired) electrons. The van der Waals surface area contributed by atoms with Gasteiger partial charge in [-0.25, -0.2) is 14.3 Å². The second-order valence-corrected chi connectivity index (χ2v) is 5.19. The third-order valence-corrected chi connectivity index (χ3v) is 3.80. The van der Waals surface area contributed by atoms with Gasteiger partial charge in [-0.3, -0.25) is 10.2 Å². The number of amides is 1. The van der Waals surface area contributed by atoms with Crippen molar-refractivity contribution in [3.63, 3.8) is 0 Å². The molecule has 6 heteroatoms. The minimum absolute atomic E-state index is 0.0595. The third-order valence-electron chi connectivity index (χ3n) is 1.98. The van der Waals surface area contributed by atoms with Gasteiger partial charge in [0.1, 0.15) is 0 Å².